The highest BCUT2D eigenvalue weighted by molar-refractivity contribution is 7.99. The molecule has 1 aromatic heterocycles. The van der Waals surface area contributed by atoms with Gasteiger partial charge in [0.2, 0.25) is 5.16 Å². The first-order valence-corrected chi connectivity index (χ1v) is 7.86. The van der Waals surface area contributed by atoms with Crippen molar-refractivity contribution in [3.05, 3.63) is 34.1 Å². The molecule has 0 aliphatic heterocycles. The van der Waals surface area contributed by atoms with E-state index < -0.39 is 10.7 Å². The number of nitro groups is 1. The van der Waals surface area contributed by atoms with Gasteiger partial charge in [-0.15, -0.1) is 5.10 Å². The topological polar surface area (TPSA) is 86.7 Å². The van der Waals surface area contributed by atoms with Crippen molar-refractivity contribution in [1.29, 1.82) is 0 Å². The van der Waals surface area contributed by atoms with Crippen molar-refractivity contribution in [1.82, 2.24) is 20.2 Å². The minimum absolute atomic E-state index is 0.228. The number of rotatable bonds is 4. The fourth-order valence-electron chi connectivity index (χ4n) is 2.63. The normalized spacial score (nSPS) is 15.9. The molecule has 0 N–H and O–H groups in total. The molecule has 0 unspecified atom stereocenters. The molecule has 1 aliphatic carbocycles. The Morgan fingerprint density at radius 2 is 2.09 bits per heavy atom. The number of nitrogens with zero attached hydrogens (tertiary/aromatic N) is 5. The summed E-state index contributed by atoms with van der Waals surface area (Å²) in [4.78, 5) is 10.8. The molecule has 116 valence electrons. The maximum atomic E-state index is 13.2. The van der Waals surface area contributed by atoms with Crippen molar-refractivity contribution in [3.63, 3.8) is 0 Å². The minimum Gasteiger partial charge on any atom is -0.258 e. The second-order valence-electron chi connectivity index (χ2n) is 5.17. The van der Waals surface area contributed by atoms with Gasteiger partial charge in [-0.05, 0) is 47.2 Å². The maximum Gasteiger partial charge on any atom is 0.286 e. The van der Waals surface area contributed by atoms with Crippen molar-refractivity contribution in [2.45, 2.75) is 48.2 Å². The molecule has 0 radical (unpaired) electrons. The molecular formula is C13H14FN5O2S. The van der Waals surface area contributed by atoms with Gasteiger partial charge in [0.25, 0.3) is 5.69 Å². The molecule has 1 aromatic carbocycles. The summed E-state index contributed by atoms with van der Waals surface area (Å²) in [6, 6.07) is 3.73. The van der Waals surface area contributed by atoms with Crippen molar-refractivity contribution in [2.75, 3.05) is 0 Å². The first kappa shape index (κ1) is 14.9. The Morgan fingerprint density at radius 3 is 2.82 bits per heavy atom. The molecule has 0 spiro atoms. The first-order valence-electron chi connectivity index (χ1n) is 7.05. The Bertz CT molecular complexity index is 687. The SMILES string of the molecule is O=[N+]([O-])c1cc(F)ccc1Sc1nnnn1C1CCCCC1. The third-order valence-corrected chi connectivity index (χ3v) is 4.72. The zero-order chi connectivity index (χ0) is 15.5. The molecule has 1 fully saturated rings. The average molecular weight is 323 g/mol. The number of tetrazole rings is 1. The number of hydrogen-bond acceptors (Lipinski definition) is 6. The van der Waals surface area contributed by atoms with Crippen LogP contribution in [0.2, 0.25) is 0 Å². The number of nitro benzene ring substituents is 1. The van der Waals surface area contributed by atoms with E-state index >= 15 is 0 Å². The second kappa shape index (κ2) is 6.39. The fourth-order valence-corrected chi connectivity index (χ4v) is 3.55. The highest BCUT2D eigenvalue weighted by Gasteiger charge is 2.23. The summed E-state index contributed by atoms with van der Waals surface area (Å²) in [6.07, 6.45) is 5.48. The largest absolute Gasteiger partial charge is 0.286 e. The molecule has 0 amide bonds. The van der Waals surface area contributed by atoms with E-state index in [2.05, 4.69) is 15.5 Å². The summed E-state index contributed by atoms with van der Waals surface area (Å²) in [5, 5.41) is 23.2. The van der Waals surface area contributed by atoms with E-state index in [0.29, 0.717) is 10.1 Å². The lowest BCUT2D eigenvalue weighted by atomic mass is 9.96. The predicted octanol–water partition coefficient (Wildman–Crippen LogP) is 3.38. The van der Waals surface area contributed by atoms with Gasteiger partial charge in [0, 0.05) is 0 Å². The van der Waals surface area contributed by atoms with Crippen molar-refractivity contribution >= 4 is 17.4 Å². The first-order chi connectivity index (χ1) is 10.6. The van der Waals surface area contributed by atoms with Crippen molar-refractivity contribution < 1.29 is 9.31 Å². The van der Waals surface area contributed by atoms with E-state index in [1.165, 1.54) is 18.6 Å². The highest BCUT2D eigenvalue weighted by atomic mass is 32.2. The molecular weight excluding hydrogens is 309 g/mol. The van der Waals surface area contributed by atoms with Gasteiger partial charge in [0.05, 0.1) is 21.9 Å². The van der Waals surface area contributed by atoms with Crippen LogP contribution >= 0.6 is 11.8 Å². The molecule has 0 bridgehead atoms. The molecule has 7 nitrogen and oxygen atoms in total. The quantitative estimate of drug-likeness (QED) is 0.633. The van der Waals surface area contributed by atoms with Crippen LogP contribution in [-0.4, -0.2) is 25.1 Å². The van der Waals surface area contributed by atoms with Crippen LogP contribution in [0.15, 0.2) is 28.3 Å². The molecule has 0 saturated heterocycles. The van der Waals surface area contributed by atoms with Crippen LogP contribution in [0, 0.1) is 15.9 Å². The molecule has 22 heavy (non-hydrogen) atoms. The van der Waals surface area contributed by atoms with E-state index in [1.807, 2.05) is 0 Å². The molecule has 9 heteroatoms. The minimum atomic E-state index is -0.636. The number of aromatic nitrogens is 4. The van der Waals surface area contributed by atoms with Crippen molar-refractivity contribution in [3.8, 4) is 0 Å². The summed E-state index contributed by atoms with van der Waals surface area (Å²) in [7, 11) is 0. The van der Waals surface area contributed by atoms with Crippen LogP contribution in [0.1, 0.15) is 38.1 Å². The summed E-state index contributed by atoms with van der Waals surface area (Å²) >= 11 is 1.10. The van der Waals surface area contributed by atoms with Gasteiger partial charge in [-0.3, -0.25) is 10.1 Å². The zero-order valence-electron chi connectivity index (χ0n) is 11.7. The Morgan fingerprint density at radius 1 is 1.32 bits per heavy atom. The van der Waals surface area contributed by atoms with Gasteiger partial charge in [0.1, 0.15) is 5.82 Å². The lowest BCUT2D eigenvalue weighted by Gasteiger charge is -2.21. The Labute approximate surface area is 130 Å². The van der Waals surface area contributed by atoms with E-state index in [4.69, 9.17) is 0 Å². The predicted molar refractivity (Wildman–Crippen MR) is 77.1 cm³/mol. The van der Waals surface area contributed by atoms with E-state index in [-0.39, 0.29) is 11.7 Å². The van der Waals surface area contributed by atoms with Gasteiger partial charge in [-0.25, -0.2) is 9.07 Å². The Balaban J connectivity index is 1.88. The van der Waals surface area contributed by atoms with Crippen LogP contribution in [0.5, 0.6) is 0 Å². The molecule has 1 heterocycles. The van der Waals surface area contributed by atoms with E-state index in [0.717, 1.165) is 43.5 Å². The lowest BCUT2D eigenvalue weighted by Crippen LogP contribution is -2.15. The van der Waals surface area contributed by atoms with E-state index in [1.54, 1.807) is 4.68 Å². The summed E-state index contributed by atoms with van der Waals surface area (Å²) in [6.45, 7) is 0. The smallest absolute Gasteiger partial charge is 0.258 e. The van der Waals surface area contributed by atoms with Crippen LogP contribution in [0.25, 0.3) is 0 Å². The summed E-state index contributed by atoms with van der Waals surface area (Å²) in [5.74, 6) is -0.636. The Kier molecular flexibility index (Phi) is 4.32. The van der Waals surface area contributed by atoms with Crippen LogP contribution < -0.4 is 0 Å². The average Bonchev–Trinajstić information content (AvgIpc) is 2.98. The van der Waals surface area contributed by atoms with Crippen LogP contribution in [-0.2, 0) is 0 Å². The molecule has 3 rings (SSSR count). The molecule has 1 aliphatic rings. The fraction of sp³-hybridized carbons (Fsp3) is 0.462. The van der Waals surface area contributed by atoms with Gasteiger partial charge < -0.3 is 0 Å². The van der Waals surface area contributed by atoms with Crippen LogP contribution in [0.3, 0.4) is 0 Å². The van der Waals surface area contributed by atoms with Crippen molar-refractivity contribution in [2.24, 2.45) is 0 Å². The van der Waals surface area contributed by atoms with Crippen LogP contribution in [0.4, 0.5) is 10.1 Å². The monoisotopic (exact) mass is 323 g/mol. The maximum absolute atomic E-state index is 13.2. The Hall–Kier alpha value is -2.03. The molecule has 1 saturated carbocycles. The van der Waals surface area contributed by atoms with Gasteiger partial charge in [-0.2, -0.15) is 0 Å². The van der Waals surface area contributed by atoms with Gasteiger partial charge in [-0.1, -0.05) is 19.3 Å². The summed E-state index contributed by atoms with van der Waals surface area (Å²) < 4.78 is 14.9. The molecule has 0 atom stereocenters. The number of halogens is 1. The summed E-state index contributed by atoms with van der Waals surface area (Å²) in [5.41, 5.74) is -0.275. The zero-order valence-corrected chi connectivity index (χ0v) is 12.5. The number of hydrogen-bond donors (Lipinski definition) is 0. The molecule has 2 aromatic rings. The van der Waals surface area contributed by atoms with Gasteiger partial charge in [0.15, 0.2) is 0 Å². The number of benzene rings is 1. The second-order valence-corrected chi connectivity index (χ2v) is 6.18. The third kappa shape index (κ3) is 3.08. The van der Waals surface area contributed by atoms with E-state index in [9.17, 15) is 14.5 Å². The lowest BCUT2D eigenvalue weighted by molar-refractivity contribution is -0.387. The standard InChI is InChI=1S/C13H14FN5O2S/c14-9-6-7-12(11(8-9)19(20)21)22-13-15-16-17-18(13)10-4-2-1-3-5-10/h6-8,10H,1-5H2. The van der Waals surface area contributed by atoms with Gasteiger partial charge >= 0.3 is 0 Å². The highest BCUT2D eigenvalue weighted by Crippen LogP contribution is 2.36. The third-order valence-electron chi connectivity index (χ3n) is 3.70.